The zero-order chi connectivity index (χ0) is 13.0. The Bertz CT molecular complexity index is 604. The van der Waals surface area contributed by atoms with Gasteiger partial charge in [-0.1, -0.05) is 0 Å². The van der Waals surface area contributed by atoms with Crippen LogP contribution >= 0.6 is 0 Å². The molecule has 0 aliphatic carbocycles. The number of aryl methyl sites for hydroxylation is 1. The predicted molar refractivity (Wildman–Crippen MR) is 67.8 cm³/mol. The van der Waals surface area contributed by atoms with Crippen LogP contribution in [0.4, 0.5) is 11.6 Å². The van der Waals surface area contributed by atoms with Crippen molar-refractivity contribution in [2.24, 2.45) is 0 Å². The minimum atomic E-state index is 0.332. The van der Waals surface area contributed by atoms with Crippen LogP contribution in [0.1, 0.15) is 11.3 Å². The van der Waals surface area contributed by atoms with Crippen molar-refractivity contribution in [3.63, 3.8) is 0 Å². The first kappa shape index (κ1) is 11.9. The summed E-state index contributed by atoms with van der Waals surface area (Å²) >= 11 is 0. The van der Waals surface area contributed by atoms with E-state index in [1.807, 2.05) is 31.2 Å². The first-order valence-corrected chi connectivity index (χ1v) is 5.38. The second-order valence-electron chi connectivity index (χ2n) is 3.68. The molecule has 0 saturated heterocycles. The van der Waals surface area contributed by atoms with E-state index in [-0.39, 0.29) is 0 Å². The van der Waals surface area contributed by atoms with Gasteiger partial charge in [0, 0.05) is 11.9 Å². The number of hydrogen-bond acceptors (Lipinski definition) is 5. The van der Waals surface area contributed by atoms with Crippen molar-refractivity contribution in [1.82, 2.24) is 9.97 Å². The second-order valence-corrected chi connectivity index (χ2v) is 3.68. The van der Waals surface area contributed by atoms with Gasteiger partial charge in [0.05, 0.1) is 7.11 Å². The standard InChI is InChI=1S/C13H12N4O/c1-9-7-11(18-2)3-4-12(9)17-13-15-6-5-10(8-14)16-13/h3-7H,1-2H3,(H,15,16,17). The molecule has 2 rings (SSSR count). The third-order valence-electron chi connectivity index (χ3n) is 2.45. The highest BCUT2D eigenvalue weighted by molar-refractivity contribution is 5.60. The molecule has 1 heterocycles. The number of rotatable bonds is 3. The van der Waals surface area contributed by atoms with Gasteiger partial charge in [0.1, 0.15) is 17.5 Å². The molecule has 18 heavy (non-hydrogen) atoms. The number of aromatic nitrogens is 2. The first-order chi connectivity index (χ1) is 8.72. The van der Waals surface area contributed by atoms with E-state index in [1.54, 1.807) is 19.4 Å². The summed E-state index contributed by atoms with van der Waals surface area (Å²) in [6.07, 6.45) is 1.55. The summed E-state index contributed by atoms with van der Waals surface area (Å²) in [6.45, 7) is 1.96. The van der Waals surface area contributed by atoms with Crippen LogP contribution in [0.5, 0.6) is 5.75 Å². The fourth-order valence-electron chi connectivity index (χ4n) is 1.51. The van der Waals surface area contributed by atoms with E-state index in [0.717, 1.165) is 17.0 Å². The van der Waals surface area contributed by atoms with Crippen molar-refractivity contribution in [3.05, 3.63) is 41.7 Å². The molecule has 0 aliphatic heterocycles. The molecule has 5 heteroatoms. The number of methoxy groups -OCH3 is 1. The zero-order valence-corrected chi connectivity index (χ0v) is 10.1. The Balaban J connectivity index is 2.26. The number of benzene rings is 1. The minimum Gasteiger partial charge on any atom is -0.497 e. The summed E-state index contributed by atoms with van der Waals surface area (Å²) in [5, 5.41) is 11.8. The van der Waals surface area contributed by atoms with Crippen molar-refractivity contribution in [2.75, 3.05) is 12.4 Å². The van der Waals surface area contributed by atoms with Crippen LogP contribution in [0.2, 0.25) is 0 Å². The van der Waals surface area contributed by atoms with E-state index in [9.17, 15) is 0 Å². The van der Waals surface area contributed by atoms with E-state index in [0.29, 0.717) is 11.6 Å². The molecule has 0 aliphatic rings. The quantitative estimate of drug-likeness (QED) is 0.892. The molecule has 0 unspecified atom stereocenters. The molecule has 1 aromatic carbocycles. The predicted octanol–water partition coefficient (Wildman–Crippen LogP) is 2.41. The number of anilines is 2. The van der Waals surface area contributed by atoms with Crippen LogP contribution in [0.3, 0.4) is 0 Å². The third kappa shape index (κ3) is 2.55. The fraction of sp³-hybridized carbons (Fsp3) is 0.154. The van der Waals surface area contributed by atoms with Crippen LogP contribution < -0.4 is 10.1 Å². The summed E-state index contributed by atoms with van der Waals surface area (Å²) in [5.74, 6) is 1.20. The highest BCUT2D eigenvalue weighted by Gasteiger charge is 2.03. The number of hydrogen-bond donors (Lipinski definition) is 1. The molecule has 0 saturated carbocycles. The Morgan fingerprint density at radius 1 is 1.33 bits per heavy atom. The number of nitrogens with one attached hydrogen (secondary N) is 1. The molecule has 5 nitrogen and oxygen atoms in total. The zero-order valence-electron chi connectivity index (χ0n) is 10.1. The van der Waals surface area contributed by atoms with Crippen molar-refractivity contribution in [2.45, 2.75) is 6.92 Å². The average molecular weight is 240 g/mol. The number of nitrogens with zero attached hydrogens (tertiary/aromatic N) is 3. The molecule has 0 radical (unpaired) electrons. The summed E-state index contributed by atoms with van der Waals surface area (Å²) in [6, 6.07) is 9.19. The lowest BCUT2D eigenvalue weighted by Gasteiger charge is -2.09. The van der Waals surface area contributed by atoms with Crippen LogP contribution in [0.15, 0.2) is 30.5 Å². The SMILES string of the molecule is COc1ccc(Nc2nccc(C#N)n2)c(C)c1. The topological polar surface area (TPSA) is 70.8 Å². The molecule has 0 spiro atoms. The summed E-state index contributed by atoms with van der Waals surface area (Å²) < 4.78 is 5.13. The summed E-state index contributed by atoms with van der Waals surface area (Å²) in [7, 11) is 1.63. The van der Waals surface area contributed by atoms with Gasteiger partial charge in [-0.05, 0) is 36.8 Å². The smallest absolute Gasteiger partial charge is 0.228 e. The average Bonchev–Trinajstić information content (AvgIpc) is 2.41. The van der Waals surface area contributed by atoms with E-state index < -0.39 is 0 Å². The molecule has 0 atom stereocenters. The van der Waals surface area contributed by atoms with Gasteiger partial charge in [-0.2, -0.15) is 5.26 Å². The van der Waals surface area contributed by atoms with Gasteiger partial charge < -0.3 is 10.1 Å². The molecule has 2 aromatic rings. The van der Waals surface area contributed by atoms with Crippen LogP contribution in [0.25, 0.3) is 0 Å². The number of nitriles is 1. The Labute approximate surface area is 105 Å². The van der Waals surface area contributed by atoms with Gasteiger partial charge in [-0.15, -0.1) is 0 Å². The molecule has 0 bridgehead atoms. The Morgan fingerprint density at radius 3 is 2.83 bits per heavy atom. The lowest BCUT2D eigenvalue weighted by molar-refractivity contribution is 0.414. The molecular formula is C13H12N4O. The van der Waals surface area contributed by atoms with Gasteiger partial charge in [0.2, 0.25) is 5.95 Å². The molecule has 0 fully saturated rings. The van der Waals surface area contributed by atoms with Crippen molar-refractivity contribution in [3.8, 4) is 11.8 Å². The van der Waals surface area contributed by atoms with Gasteiger partial charge >= 0.3 is 0 Å². The minimum absolute atomic E-state index is 0.332. The van der Waals surface area contributed by atoms with E-state index in [4.69, 9.17) is 10.00 Å². The molecule has 1 aromatic heterocycles. The summed E-state index contributed by atoms with van der Waals surface area (Å²) in [5.41, 5.74) is 2.23. The fourth-order valence-corrected chi connectivity index (χ4v) is 1.51. The van der Waals surface area contributed by atoms with E-state index >= 15 is 0 Å². The van der Waals surface area contributed by atoms with Gasteiger partial charge in [-0.25, -0.2) is 9.97 Å². The van der Waals surface area contributed by atoms with Crippen LogP contribution in [0, 0.1) is 18.3 Å². The lowest BCUT2D eigenvalue weighted by atomic mass is 10.2. The lowest BCUT2D eigenvalue weighted by Crippen LogP contribution is -1.99. The molecule has 0 amide bonds. The molecule has 1 N–H and O–H groups in total. The van der Waals surface area contributed by atoms with Gasteiger partial charge in [0.25, 0.3) is 0 Å². The third-order valence-corrected chi connectivity index (χ3v) is 2.45. The van der Waals surface area contributed by atoms with Gasteiger partial charge in [-0.3, -0.25) is 0 Å². The van der Waals surface area contributed by atoms with E-state index in [1.165, 1.54) is 0 Å². The summed E-state index contributed by atoms with van der Waals surface area (Å²) in [4.78, 5) is 8.12. The maximum Gasteiger partial charge on any atom is 0.228 e. The first-order valence-electron chi connectivity index (χ1n) is 5.38. The Kier molecular flexibility index (Phi) is 3.39. The van der Waals surface area contributed by atoms with Gasteiger partial charge in [0.15, 0.2) is 0 Å². The largest absolute Gasteiger partial charge is 0.497 e. The number of ether oxygens (including phenoxy) is 1. The highest BCUT2D eigenvalue weighted by atomic mass is 16.5. The highest BCUT2D eigenvalue weighted by Crippen LogP contribution is 2.22. The van der Waals surface area contributed by atoms with Crippen molar-refractivity contribution < 1.29 is 4.74 Å². The van der Waals surface area contributed by atoms with Crippen LogP contribution in [-0.4, -0.2) is 17.1 Å². The van der Waals surface area contributed by atoms with Crippen molar-refractivity contribution >= 4 is 11.6 Å². The second kappa shape index (κ2) is 5.15. The maximum atomic E-state index is 8.77. The Hall–Kier alpha value is -2.61. The molecular weight excluding hydrogens is 228 g/mol. The monoisotopic (exact) mass is 240 g/mol. The molecule has 90 valence electrons. The van der Waals surface area contributed by atoms with E-state index in [2.05, 4.69) is 15.3 Å². The van der Waals surface area contributed by atoms with Crippen LogP contribution in [-0.2, 0) is 0 Å². The normalized spacial score (nSPS) is 9.61. The van der Waals surface area contributed by atoms with Crippen molar-refractivity contribution in [1.29, 1.82) is 5.26 Å². The Morgan fingerprint density at radius 2 is 2.17 bits per heavy atom. The maximum absolute atomic E-state index is 8.77.